The predicted octanol–water partition coefficient (Wildman–Crippen LogP) is 4.01. The molecule has 3 nitrogen and oxygen atoms in total. The molecule has 2 aromatic carbocycles. The van der Waals surface area contributed by atoms with E-state index in [4.69, 9.17) is 16.3 Å². The van der Waals surface area contributed by atoms with Gasteiger partial charge >= 0.3 is 5.97 Å². The summed E-state index contributed by atoms with van der Waals surface area (Å²) in [6, 6.07) is 12.8. The molecule has 0 heterocycles. The second kappa shape index (κ2) is 6.44. The third-order valence-corrected chi connectivity index (χ3v) is 3.29. The number of carbonyl (C=O) groups is 1. The van der Waals surface area contributed by atoms with Gasteiger partial charge in [0.25, 0.3) is 0 Å². The second-order valence-corrected chi connectivity index (χ2v) is 4.76. The summed E-state index contributed by atoms with van der Waals surface area (Å²) in [5.41, 5.74) is 2.66. The van der Waals surface area contributed by atoms with Crippen molar-refractivity contribution in [3.05, 3.63) is 64.2 Å². The van der Waals surface area contributed by atoms with Crippen LogP contribution in [0.25, 0.3) is 0 Å². The Kier molecular flexibility index (Phi) is 4.64. The van der Waals surface area contributed by atoms with Crippen LogP contribution in [-0.4, -0.2) is 13.1 Å². The average molecular weight is 291 g/mol. The largest absolute Gasteiger partial charge is 0.487 e. The van der Waals surface area contributed by atoms with Gasteiger partial charge in [0.05, 0.1) is 17.7 Å². The van der Waals surface area contributed by atoms with Crippen molar-refractivity contribution in [3.8, 4) is 5.75 Å². The maximum absolute atomic E-state index is 11.4. The van der Waals surface area contributed by atoms with Gasteiger partial charge in [-0.3, -0.25) is 0 Å². The van der Waals surface area contributed by atoms with E-state index in [0.29, 0.717) is 22.9 Å². The van der Waals surface area contributed by atoms with Gasteiger partial charge in [-0.2, -0.15) is 0 Å². The van der Waals surface area contributed by atoms with Gasteiger partial charge in [0, 0.05) is 0 Å². The minimum Gasteiger partial charge on any atom is -0.487 e. The minimum atomic E-state index is -0.419. The molecule has 0 aliphatic carbocycles. The summed E-state index contributed by atoms with van der Waals surface area (Å²) >= 11 is 6.10. The number of ether oxygens (including phenoxy) is 2. The standard InChI is InChI=1S/C16H15ClO3/c1-11-5-3-4-6-13(11)10-20-15-8-7-12(9-14(15)17)16(18)19-2/h3-9H,10H2,1-2H3. The molecular weight excluding hydrogens is 276 g/mol. The first kappa shape index (κ1) is 14.4. The molecule has 0 amide bonds. The van der Waals surface area contributed by atoms with E-state index >= 15 is 0 Å². The summed E-state index contributed by atoms with van der Waals surface area (Å²) in [4.78, 5) is 11.4. The molecule has 0 atom stereocenters. The summed E-state index contributed by atoms with van der Waals surface area (Å²) in [6.07, 6.45) is 0. The lowest BCUT2D eigenvalue weighted by Crippen LogP contribution is -2.02. The van der Waals surface area contributed by atoms with E-state index in [1.54, 1.807) is 18.2 Å². The van der Waals surface area contributed by atoms with Crippen LogP contribution >= 0.6 is 11.6 Å². The molecule has 0 spiro atoms. The highest BCUT2D eigenvalue weighted by Gasteiger charge is 2.09. The number of hydrogen-bond donors (Lipinski definition) is 0. The lowest BCUT2D eigenvalue weighted by molar-refractivity contribution is 0.0600. The third kappa shape index (κ3) is 3.31. The van der Waals surface area contributed by atoms with Gasteiger partial charge < -0.3 is 9.47 Å². The molecule has 0 N–H and O–H groups in total. The fraction of sp³-hybridized carbons (Fsp3) is 0.188. The summed E-state index contributed by atoms with van der Waals surface area (Å²) in [7, 11) is 1.33. The summed E-state index contributed by atoms with van der Waals surface area (Å²) < 4.78 is 10.3. The topological polar surface area (TPSA) is 35.5 Å². The third-order valence-electron chi connectivity index (χ3n) is 3.00. The molecule has 2 aromatic rings. The zero-order valence-electron chi connectivity index (χ0n) is 11.4. The number of rotatable bonds is 4. The molecule has 0 bridgehead atoms. The molecular formula is C16H15ClO3. The van der Waals surface area contributed by atoms with E-state index in [9.17, 15) is 4.79 Å². The van der Waals surface area contributed by atoms with Crippen LogP contribution < -0.4 is 4.74 Å². The van der Waals surface area contributed by atoms with Crippen LogP contribution in [-0.2, 0) is 11.3 Å². The Hall–Kier alpha value is -2.00. The van der Waals surface area contributed by atoms with Crippen molar-refractivity contribution in [1.29, 1.82) is 0 Å². The molecule has 104 valence electrons. The van der Waals surface area contributed by atoms with E-state index in [1.807, 2.05) is 31.2 Å². The predicted molar refractivity (Wildman–Crippen MR) is 78.3 cm³/mol. The summed E-state index contributed by atoms with van der Waals surface area (Å²) in [5.74, 6) is 0.125. The Balaban J connectivity index is 2.11. The van der Waals surface area contributed by atoms with Gasteiger partial charge in [-0.15, -0.1) is 0 Å². The van der Waals surface area contributed by atoms with Crippen molar-refractivity contribution in [3.63, 3.8) is 0 Å². The Labute approximate surface area is 123 Å². The molecule has 2 rings (SSSR count). The number of carbonyl (C=O) groups excluding carboxylic acids is 1. The first-order chi connectivity index (χ1) is 9.61. The average Bonchev–Trinajstić information content (AvgIpc) is 2.46. The lowest BCUT2D eigenvalue weighted by Gasteiger charge is -2.10. The first-order valence-electron chi connectivity index (χ1n) is 6.17. The number of methoxy groups -OCH3 is 1. The molecule has 0 aliphatic rings. The van der Waals surface area contributed by atoms with Crippen molar-refractivity contribution in [2.24, 2.45) is 0 Å². The normalized spacial score (nSPS) is 10.2. The smallest absolute Gasteiger partial charge is 0.337 e. The van der Waals surface area contributed by atoms with Gasteiger partial charge in [-0.05, 0) is 36.2 Å². The SMILES string of the molecule is COC(=O)c1ccc(OCc2ccccc2C)c(Cl)c1. The van der Waals surface area contributed by atoms with E-state index in [-0.39, 0.29) is 0 Å². The fourth-order valence-corrected chi connectivity index (χ4v) is 2.03. The zero-order chi connectivity index (χ0) is 14.5. The van der Waals surface area contributed by atoms with Crippen molar-refractivity contribution < 1.29 is 14.3 Å². The summed E-state index contributed by atoms with van der Waals surface area (Å²) in [5, 5.41) is 0.390. The maximum Gasteiger partial charge on any atom is 0.337 e. The van der Waals surface area contributed by atoms with Crippen molar-refractivity contribution >= 4 is 17.6 Å². The number of aryl methyl sites for hydroxylation is 1. The van der Waals surface area contributed by atoms with Crippen LogP contribution in [0.5, 0.6) is 5.75 Å². The van der Waals surface area contributed by atoms with Gasteiger partial charge in [0.1, 0.15) is 12.4 Å². The van der Waals surface area contributed by atoms with Crippen LogP contribution in [0.3, 0.4) is 0 Å². The van der Waals surface area contributed by atoms with Crippen molar-refractivity contribution in [2.75, 3.05) is 7.11 Å². The minimum absolute atomic E-state index is 0.390. The van der Waals surface area contributed by atoms with Crippen LogP contribution in [0.15, 0.2) is 42.5 Å². The van der Waals surface area contributed by atoms with Crippen LogP contribution in [0.1, 0.15) is 21.5 Å². The lowest BCUT2D eigenvalue weighted by atomic mass is 10.1. The Morgan fingerprint density at radius 2 is 1.95 bits per heavy atom. The van der Waals surface area contributed by atoms with E-state index in [0.717, 1.165) is 11.1 Å². The van der Waals surface area contributed by atoms with Gasteiger partial charge in [-0.25, -0.2) is 4.79 Å². The van der Waals surface area contributed by atoms with Crippen LogP contribution in [0, 0.1) is 6.92 Å². The maximum atomic E-state index is 11.4. The Morgan fingerprint density at radius 1 is 1.20 bits per heavy atom. The molecule has 0 saturated heterocycles. The molecule has 0 fully saturated rings. The molecule has 20 heavy (non-hydrogen) atoms. The quantitative estimate of drug-likeness (QED) is 0.798. The molecule has 0 saturated carbocycles. The van der Waals surface area contributed by atoms with Crippen molar-refractivity contribution in [2.45, 2.75) is 13.5 Å². The second-order valence-electron chi connectivity index (χ2n) is 4.35. The fourth-order valence-electron chi connectivity index (χ4n) is 1.79. The monoisotopic (exact) mass is 290 g/mol. The molecule has 0 aromatic heterocycles. The highest BCUT2D eigenvalue weighted by atomic mass is 35.5. The van der Waals surface area contributed by atoms with Crippen molar-refractivity contribution in [1.82, 2.24) is 0 Å². The van der Waals surface area contributed by atoms with Crippen LogP contribution in [0.2, 0.25) is 5.02 Å². The highest BCUT2D eigenvalue weighted by Crippen LogP contribution is 2.26. The number of benzene rings is 2. The molecule has 0 radical (unpaired) electrons. The number of esters is 1. The zero-order valence-corrected chi connectivity index (χ0v) is 12.1. The first-order valence-corrected chi connectivity index (χ1v) is 6.55. The van der Waals surface area contributed by atoms with E-state index < -0.39 is 5.97 Å². The molecule has 4 heteroatoms. The molecule has 0 aliphatic heterocycles. The number of halogens is 1. The van der Waals surface area contributed by atoms with Gasteiger partial charge in [0.2, 0.25) is 0 Å². The summed E-state index contributed by atoms with van der Waals surface area (Å²) in [6.45, 7) is 2.46. The highest BCUT2D eigenvalue weighted by molar-refractivity contribution is 6.32. The number of hydrogen-bond acceptors (Lipinski definition) is 3. The molecule has 0 unspecified atom stereocenters. The van der Waals surface area contributed by atoms with Crippen LogP contribution in [0.4, 0.5) is 0 Å². The van der Waals surface area contributed by atoms with E-state index in [2.05, 4.69) is 4.74 Å². The Morgan fingerprint density at radius 3 is 2.60 bits per heavy atom. The van der Waals surface area contributed by atoms with Gasteiger partial charge in [0.15, 0.2) is 0 Å². The Bertz CT molecular complexity index is 623. The van der Waals surface area contributed by atoms with E-state index in [1.165, 1.54) is 7.11 Å². The van der Waals surface area contributed by atoms with Gasteiger partial charge in [-0.1, -0.05) is 35.9 Å².